The van der Waals surface area contributed by atoms with E-state index >= 15 is 0 Å². The van der Waals surface area contributed by atoms with E-state index in [-0.39, 0.29) is 5.92 Å². The van der Waals surface area contributed by atoms with Crippen molar-refractivity contribution in [1.82, 2.24) is 5.32 Å². The molecule has 17 heavy (non-hydrogen) atoms. The number of aliphatic carboxylic acids is 1. The third-order valence-electron chi connectivity index (χ3n) is 2.46. The summed E-state index contributed by atoms with van der Waals surface area (Å²) in [6.07, 6.45) is 0. The van der Waals surface area contributed by atoms with Gasteiger partial charge in [0.15, 0.2) is 0 Å². The van der Waals surface area contributed by atoms with Crippen LogP contribution in [-0.2, 0) is 11.3 Å². The number of carbonyl (C=O) groups is 1. The molecule has 1 aromatic carbocycles. The Morgan fingerprint density at radius 1 is 1.53 bits per heavy atom. The maximum Gasteiger partial charge on any atom is 0.320 e. The summed E-state index contributed by atoms with van der Waals surface area (Å²) in [4.78, 5) is 10.9. The van der Waals surface area contributed by atoms with Gasteiger partial charge in [-0.15, -0.1) is 0 Å². The topological polar surface area (TPSA) is 49.3 Å². The van der Waals surface area contributed by atoms with Crippen molar-refractivity contribution in [2.75, 3.05) is 0 Å². The van der Waals surface area contributed by atoms with Gasteiger partial charge in [-0.2, -0.15) is 0 Å². The predicted molar refractivity (Wildman–Crippen MR) is 64.5 cm³/mol. The molecule has 0 aliphatic heterocycles. The number of hydrogen-bond acceptors (Lipinski definition) is 2. The van der Waals surface area contributed by atoms with Crippen molar-refractivity contribution < 1.29 is 14.3 Å². The maximum absolute atomic E-state index is 12.8. The molecule has 0 radical (unpaired) electrons. The smallest absolute Gasteiger partial charge is 0.320 e. The van der Waals surface area contributed by atoms with Crippen LogP contribution < -0.4 is 5.32 Å². The number of carboxylic acids is 1. The standard InChI is InChI=1S/C12H15ClFNO2/c1-7(2)11(12(16)17)15-6-8-3-4-9(14)5-10(8)13/h3-5,7,11,15H,6H2,1-2H3,(H,16,17). The maximum atomic E-state index is 12.8. The zero-order valence-corrected chi connectivity index (χ0v) is 10.5. The Bertz CT molecular complexity index is 409. The third-order valence-corrected chi connectivity index (χ3v) is 2.81. The van der Waals surface area contributed by atoms with Crippen LogP contribution >= 0.6 is 11.6 Å². The molecule has 94 valence electrons. The fraction of sp³-hybridized carbons (Fsp3) is 0.417. The summed E-state index contributed by atoms with van der Waals surface area (Å²) < 4.78 is 12.8. The normalized spacial score (nSPS) is 12.8. The fourth-order valence-corrected chi connectivity index (χ4v) is 1.73. The Labute approximate surface area is 105 Å². The zero-order valence-electron chi connectivity index (χ0n) is 9.71. The lowest BCUT2D eigenvalue weighted by Crippen LogP contribution is -2.40. The summed E-state index contributed by atoms with van der Waals surface area (Å²) in [5, 5.41) is 12.2. The first kappa shape index (κ1) is 13.9. The second-order valence-corrected chi connectivity index (χ2v) is 4.58. The van der Waals surface area contributed by atoms with E-state index in [1.807, 2.05) is 13.8 Å². The molecule has 0 aliphatic carbocycles. The molecule has 0 aromatic heterocycles. The molecule has 1 unspecified atom stereocenters. The van der Waals surface area contributed by atoms with Crippen LogP contribution in [0.15, 0.2) is 18.2 Å². The highest BCUT2D eigenvalue weighted by Gasteiger charge is 2.20. The molecule has 0 spiro atoms. The highest BCUT2D eigenvalue weighted by atomic mass is 35.5. The SMILES string of the molecule is CC(C)C(NCc1ccc(F)cc1Cl)C(=O)O. The summed E-state index contributed by atoms with van der Waals surface area (Å²) in [6.45, 7) is 3.93. The van der Waals surface area contributed by atoms with E-state index in [2.05, 4.69) is 5.32 Å². The van der Waals surface area contributed by atoms with Gasteiger partial charge < -0.3 is 10.4 Å². The molecule has 1 aromatic rings. The van der Waals surface area contributed by atoms with E-state index in [9.17, 15) is 9.18 Å². The van der Waals surface area contributed by atoms with Gasteiger partial charge in [-0.3, -0.25) is 4.79 Å². The average Bonchev–Trinajstić information content (AvgIpc) is 2.20. The molecule has 0 saturated carbocycles. The van der Waals surface area contributed by atoms with Gasteiger partial charge >= 0.3 is 5.97 Å². The van der Waals surface area contributed by atoms with Gasteiger partial charge in [-0.25, -0.2) is 4.39 Å². The van der Waals surface area contributed by atoms with Crippen LogP contribution in [0.2, 0.25) is 5.02 Å². The van der Waals surface area contributed by atoms with E-state index in [1.165, 1.54) is 12.1 Å². The summed E-state index contributed by atoms with van der Waals surface area (Å²) >= 11 is 5.84. The van der Waals surface area contributed by atoms with Gasteiger partial charge in [0.2, 0.25) is 0 Å². The van der Waals surface area contributed by atoms with Crippen LogP contribution in [0.1, 0.15) is 19.4 Å². The van der Waals surface area contributed by atoms with Crippen molar-refractivity contribution in [3.05, 3.63) is 34.6 Å². The summed E-state index contributed by atoms with van der Waals surface area (Å²) in [5.41, 5.74) is 0.681. The first-order valence-corrected chi connectivity index (χ1v) is 5.69. The number of nitrogens with one attached hydrogen (secondary N) is 1. The molecule has 0 heterocycles. The summed E-state index contributed by atoms with van der Waals surface area (Å²) in [6, 6.07) is 3.41. The van der Waals surface area contributed by atoms with E-state index in [1.54, 1.807) is 6.07 Å². The Morgan fingerprint density at radius 2 is 2.18 bits per heavy atom. The first-order chi connectivity index (χ1) is 7.91. The average molecular weight is 260 g/mol. The lowest BCUT2D eigenvalue weighted by atomic mass is 10.0. The van der Waals surface area contributed by atoms with Crippen LogP contribution in [-0.4, -0.2) is 17.1 Å². The van der Waals surface area contributed by atoms with Gasteiger partial charge in [0.05, 0.1) is 0 Å². The number of halogens is 2. The van der Waals surface area contributed by atoms with Gasteiger partial charge in [0, 0.05) is 11.6 Å². The first-order valence-electron chi connectivity index (χ1n) is 5.32. The zero-order chi connectivity index (χ0) is 13.0. The second-order valence-electron chi connectivity index (χ2n) is 4.18. The lowest BCUT2D eigenvalue weighted by molar-refractivity contribution is -0.140. The van der Waals surface area contributed by atoms with E-state index in [0.717, 1.165) is 0 Å². The number of benzene rings is 1. The summed E-state index contributed by atoms with van der Waals surface area (Å²) in [5.74, 6) is -1.35. The number of rotatable bonds is 5. The summed E-state index contributed by atoms with van der Waals surface area (Å²) in [7, 11) is 0. The molecule has 3 nitrogen and oxygen atoms in total. The van der Waals surface area contributed by atoms with Gasteiger partial charge in [0.25, 0.3) is 0 Å². The highest BCUT2D eigenvalue weighted by Crippen LogP contribution is 2.17. The fourth-order valence-electron chi connectivity index (χ4n) is 1.49. The van der Waals surface area contributed by atoms with E-state index in [0.29, 0.717) is 17.1 Å². The largest absolute Gasteiger partial charge is 0.480 e. The van der Waals surface area contributed by atoms with Crippen molar-refractivity contribution in [2.24, 2.45) is 5.92 Å². The molecule has 0 fully saturated rings. The molecule has 0 aliphatic rings. The Balaban J connectivity index is 2.69. The van der Waals surface area contributed by atoms with Crippen molar-refractivity contribution in [3.8, 4) is 0 Å². The van der Waals surface area contributed by atoms with Gasteiger partial charge in [-0.1, -0.05) is 31.5 Å². The number of carboxylic acid groups (broad SMARTS) is 1. The minimum absolute atomic E-state index is 0.0354. The molecular formula is C12H15ClFNO2. The van der Waals surface area contributed by atoms with Crippen LogP contribution in [0, 0.1) is 11.7 Å². The predicted octanol–water partition coefficient (Wildman–Crippen LogP) is 2.68. The second kappa shape index (κ2) is 5.98. The quantitative estimate of drug-likeness (QED) is 0.855. The van der Waals surface area contributed by atoms with Crippen LogP contribution in [0.5, 0.6) is 0 Å². The Morgan fingerprint density at radius 3 is 2.65 bits per heavy atom. The third kappa shape index (κ3) is 3.98. The lowest BCUT2D eigenvalue weighted by Gasteiger charge is -2.18. The van der Waals surface area contributed by atoms with Crippen LogP contribution in [0.3, 0.4) is 0 Å². The van der Waals surface area contributed by atoms with Gasteiger partial charge in [0.1, 0.15) is 11.9 Å². The Hall–Kier alpha value is -1.13. The molecule has 0 saturated heterocycles. The molecule has 1 atom stereocenters. The highest BCUT2D eigenvalue weighted by molar-refractivity contribution is 6.31. The van der Waals surface area contributed by atoms with Crippen molar-refractivity contribution >= 4 is 17.6 Å². The molecule has 0 bridgehead atoms. The van der Waals surface area contributed by atoms with Crippen molar-refractivity contribution in [1.29, 1.82) is 0 Å². The molecule has 5 heteroatoms. The molecule has 0 amide bonds. The minimum atomic E-state index is -0.904. The van der Waals surface area contributed by atoms with Crippen LogP contribution in [0.4, 0.5) is 4.39 Å². The number of hydrogen-bond donors (Lipinski definition) is 2. The molecular weight excluding hydrogens is 245 g/mol. The van der Waals surface area contributed by atoms with Crippen LogP contribution in [0.25, 0.3) is 0 Å². The Kier molecular flexibility index (Phi) is 4.90. The minimum Gasteiger partial charge on any atom is -0.480 e. The van der Waals surface area contributed by atoms with Gasteiger partial charge in [-0.05, 0) is 23.6 Å². The molecule has 2 N–H and O–H groups in total. The van der Waals surface area contributed by atoms with E-state index < -0.39 is 17.8 Å². The van der Waals surface area contributed by atoms with E-state index in [4.69, 9.17) is 16.7 Å². The van der Waals surface area contributed by atoms with Crippen molar-refractivity contribution in [3.63, 3.8) is 0 Å². The molecule has 1 rings (SSSR count). The monoisotopic (exact) mass is 259 g/mol. The van der Waals surface area contributed by atoms with Crippen molar-refractivity contribution in [2.45, 2.75) is 26.4 Å².